The second-order valence-electron chi connectivity index (χ2n) is 3.25. The Morgan fingerprint density at radius 1 is 1.60 bits per heavy atom. The third kappa shape index (κ3) is 4.82. The Morgan fingerprint density at radius 3 is 3.00 bits per heavy atom. The average molecular weight is 215 g/mol. The number of nitrogens with zero attached hydrogens (tertiary/aromatic N) is 4. The van der Waals surface area contributed by atoms with E-state index in [0.717, 1.165) is 6.54 Å². The lowest BCUT2D eigenvalue weighted by Gasteiger charge is -2.08. The van der Waals surface area contributed by atoms with Crippen LogP contribution in [0.25, 0.3) is 0 Å². The van der Waals surface area contributed by atoms with E-state index in [1.807, 2.05) is 0 Å². The molecule has 0 aromatic carbocycles. The van der Waals surface area contributed by atoms with Crippen molar-refractivity contribution in [3.63, 3.8) is 0 Å². The molecule has 0 saturated carbocycles. The van der Waals surface area contributed by atoms with Crippen molar-refractivity contribution in [3.05, 3.63) is 5.82 Å². The lowest BCUT2D eigenvalue weighted by atomic mass is 10.2. The number of hydrogen-bond donors (Lipinski definition) is 2. The minimum absolute atomic E-state index is 0.411. The summed E-state index contributed by atoms with van der Waals surface area (Å²) >= 11 is 0. The lowest BCUT2D eigenvalue weighted by Crippen LogP contribution is -2.30. The summed E-state index contributed by atoms with van der Waals surface area (Å²) in [6.07, 6.45) is -0.0839. The number of hydrogen-bond acceptors (Lipinski definition) is 6. The van der Waals surface area contributed by atoms with Gasteiger partial charge in [-0.2, -0.15) is 4.80 Å². The Balaban J connectivity index is 2.15. The Kier molecular flexibility index (Phi) is 5.16. The van der Waals surface area contributed by atoms with Gasteiger partial charge in [0.2, 0.25) is 0 Å². The highest BCUT2D eigenvalue weighted by Crippen LogP contribution is 1.93. The first-order valence-corrected chi connectivity index (χ1v) is 4.83. The second-order valence-corrected chi connectivity index (χ2v) is 3.25. The van der Waals surface area contributed by atoms with Gasteiger partial charge in [0.25, 0.3) is 0 Å². The van der Waals surface area contributed by atoms with Crippen molar-refractivity contribution in [2.75, 3.05) is 26.8 Å². The first-order valence-electron chi connectivity index (χ1n) is 4.83. The molecule has 1 aromatic rings. The second kappa shape index (κ2) is 6.44. The van der Waals surface area contributed by atoms with Crippen LogP contribution < -0.4 is 5.32 Å². The third-order valence-electron chi connectivity index (χ3n) is 1.83. The predicted octanol–water partition coefficient (Wildman–Crippen LogP) is -1.65. The summed E-state index contributed by atoms with van der Waals surface area (Å²) in [5.74, 6) is 0.554. The molecule has 86 valence electrons. The summed E-state index contributed by atoms with van der Waals surface area (Å²) in [4.78, 5) is 1.38. The Labute approximate surface area is 88.4 Å². The standard InChI is InChI=1S/C8H17N5O2/c1-13-11-8(10-12-13)5-7(14)6-9-3-4-15-2/h7,9,14H,3-6H2,1-2H3. The number of aromatic nitrogens is 4. The van der Waals surface area contributed by atoms with Gasteiger partial charge in [0.05, 0.1) is 19.8 Å². The summed E-state index contributed by atoms with van der Waals surface area (Å²) < 4.78 is 4.86. The number of aryl methyl sites for hydroxylation is 1. The summed E-state index contributed by atoms with van der Waals surface area (Å²) in [5, 5.41) is 24.1. The van der Waals surface area contributed by atoms with Crippen molar-refractivity contribution in [2.24, 2.45) is 7.05 Å². The fourth-order valence-electron chi connectivity index (χ4n) is 1.13. The van der Waals surface area contributed by atoms with E-state index >= 15 is 0 Å². The number of aliphatic hydroxyl groups excluding tert-OH is 1. The highest BCUT2D eigenvalue weighted by atomic mass is 16.5. The minimum atomic E-state index is -0.494. The number of aliphatic hydroxyl groups is 1. The molecule has 15 heavy (non-hydrogen) atoms. The van der Waals surface area contributed by atoms with Crippen LogP contribution in [-0.2, 0) is 18.2 Å². The maximum absolute atomic E-state index is 9.59. The molecule has 0 saturated heterocycles. The highest BCUT2D eigenvalue weighted by molar-refractivity contribution is 4.81. The van der Waals surface area contributed by atoms with Crippen molar-refractivity contribution < 1.29 is 9.84 Å². The molecule has 7 heteroatoms. The van der Waals surface area contributed by atoms with Gasteiger partial charge in [0.15, 0.2) is 5.82 Å². The average Bonchev–Trinajstić information content (AvgIpc) is 2.59. The minimum Gasteiger partial charge on any atom is -0.391 e. The molecule has 1 rings (SSSR count). The van der Waals surface area contributed by atoms with E-state index in [4.69, 9.17) is 4.74 Å². The molecule has 7 nitrogen and oxygen atoms in total. The Bertz CT molecular complexity index is 278. The molecule has 0 radical (unpaired) electrons. The number of ether oxygens (including phenoxy) is 1. The van der Waals surface area contributed by atoms with Crippen LogP contribution in [0.4, 0.5) is 0 Å². The summed E-state index contributed by atoms with van der Waals surface area (Å²) in [6, 6.07) is 0. The van der Waals surface area contributed by atoms with E-state index < -0.39 is 6.10 Å². The van der Waals surface area contributed by atoms with Crippen LogP contribution in [-0.4, -0.2) is 58.2 Å². The van der Waals surface area contributed by atoms with Gasteiger partial charge in [0, 0.05) is 26.6 Å². The normalized spacial score (nSPS) is 13.0. The molecule has 0 amide bonds. The van der Waals surface area contributed by atoms with Gasteiger partial charge in [0.1, 0.15) is 0 Å². The molecule has 1 unspecified atom stereocenters. The number of nitrogens with one attached hydrogen (secondary N) is 1. The molecule has 1 heterocycles. The molecule has 0 fully saturated rings. The Hall–Kier alpha value is -1.05. The highest BCUT2D eigenvalue weighted by Gasteiger charge is 2.08. The number of tetrazole rings is 1. The van der Waals surface area contributed by atoms with Crippen LogP contribution in [0.5, 0.6) is 0 Å². The first kappa shape index (κ1) is 12.0. The van der Waals surface area contributed by atoms with Crippen molar-refractivity contribution in [3.8, 4) is 0 Å². The van der Waals surface area contributed by atoms with Gasteiger partial charge in [-0.3, -0.25) is 0 Å². The summed E-state index contributed by atoms with van der Waals surface area (Å²) in [7, 11) is 3.33. The fraction of sp³-hybridized carbons (Fsp3) is 0.875. The van der Waals surface area contributed by atoms with Crippen LogP contribution in [0.2, 0.25) is 0 Å². The van der Waals surface area contributed by atoms with Crippen LogP contribution in [0.15, 0.2) is 0 Å². The molecule has 1 aromatic heterocycles. The smallest absolute Gasteiger partial charge is 0.177 e. The van der Waals surface area contributed by atoms with E-state index in [1.165, 1.54) is 4.80 Å². The SMILES string of the molecule is COCCNCC(O)Cc1nnn(C)n1. The maximum Gasteiger partial charge on any atom is 0.177 e. The van der Waals surface area contributed by atoms with Gasteiger partial charge in [-0.25, -0.2) is 0 Å². The molecular weight excluding hydrogens is 198 g/mol. The van der Waals surface area contributed by atoms with Gasteiger partial charge < -0.3 is 15.2 Å². The van der Waals surface area contributed by atoms with E-state index in [0.29, 0.717) is 25.4 Å². The molecule has 0 spiro atoms. The van der Waals surface area contributed by atoms with Crippen LogP contribution in [0, 0.1) is 0 Å². The molecule has 0 aliphatic heterocycles. The maximum atomic E-state index is 9.59. The van der Waals surface area contributed by atoms with E-state index in [9.17, 15) is 5.11 Å². The Morgan fingerprint density at radius 2 is 2.40 bits per heavy atom. The van der Waals surface area contributed by atoms with Gasteiger partial charge in [-0.1, -0.05) is 0 Å². The molecule has 0 aliphatic rings. The first-order chi connectivity index (χ1) is 7.22. The fourth-order valence-corrected chi connectivity index (χ4v) is 1.13. The number of methoxy groups -OCH3 is 1. The van der Waals surface area contributed by atoms with Crippen molar-refractivity contribution in [1.29, 1.82) is 0 Å². The largest absolute Gasteiger partial charge is 0.391 e. The van der Waals surface area contributed by atoms with Crippen LogP contribution in [0.3, 0.4) is 0 Å². The van der Waals surface area contributed by atoms with Gasteiger partial charge >= 0.3 is 0 Å². The zero-order valence-corrected chi connectivity index (χ0v) is 9.05. The van der Waals surface area contributed by atoms with E-state index in [1.54, 1.807) is 14.2 Å². The van der Waals surface area contributed by atoms with Crippen molar-refractivity contribution in [1.82, 2.24) is 25.5 Å². The molecule has 0 aliphatic carbocycles. The van der Waals surface area contributed by atoms with Gasteiger partial charge in [-0.05, 0) is 5.21 Å². The number of rotatable bonds is 7. The molecule has 2 N–H and O–H groups in total. The summed E-state index contributed by atoms with van der Waals surface area (Å²) in [6.45, 7) is 1.86. The van der Waals surface area contributed by atoms with Crippen LogP contribution in [0.1, 0.15) is 5.82 Å². The van der Waals surface area contributed by atoms with E-state index in [2.05, 4.69) is 20.7 Å². The van der Waals surface area contributed by atoms with Crippen molar-refractivity contribution >= 4 is 0 Å². The molecular formula is C8H17N5O2. The van der Waals surface area contributed by atoms with Crippen LogP contribution >= 0.6 is 0 Å². The monoisotopic (exact) mass is 215 g/mol. The van der Waals surface area contributed by atoms with E-state index in [-0.39, 0.29) is 0 Å². The van der Waals surface area contributed by atoms with Crippen molar-refractivity contribution in [2.45, 2.75) is 12.5 Å². The zero-order chi connectivity index (χ0) is 11.1. The quantitative estimate of drug-likeness (QED) is 0.530. The van der Waals surface area contributed by atoms with Gasteiger partial charge in [-0.15, -0.1) is 10.2 Å². The molecule has 0 bridgehead atoms. The predicted molar refractivity (Wildman–Crippen MR) is 53.3 cm³/mol. The zero-order valence-electron chi connectivity index (χ0n) is 9.05. The lowest BCUT2D eigenvalue weighted by molar-refractivity contribution is 0.158. The third-order valence-corrected chi connectivity index (χ3v) is 1.83. The summed E-state index contributed by atoms with van der Waals surface area (Å²) in [5.41, 5.74) is 0. The molecule has 1 atom stereocenters. The topological polar surface area (TPSA) is 85.1 Å².